The lowest BCUT2D eigenvalue weighted by molar-refractivity contribution is 0.0760. The minimum atomic E-state index is -0.208. The Kier molecular flexibility index (Phi) is 6.28. The molecule has 0 radical (unpaired) electrons. The number of nitrogens with one attached hydrogen (secondary N) is 1. The molecule has 0 atom stereocenters. The molecule has 2 amide bonds. The number of carbonyl (C=O) groups excluding carboxylic acids is 2. The van der Waals surface area contributed by atoms with Gasteiger partial charge in [0.2, 0.25) is 0 Å². The predicted molar refractivity (Wildman–Crippen MR) is 117 cm³/mol. The zero-order valence-corrected chi connectivity index (χ0v) is 17.9. The summed E-state index contributed by atoms with van der Waals surface area (Å²) in [5, 5.41) is 3.72. The minimum Gasteiger partial charge on any atom is -0.341 e. The highest BCUT2D eigenvalue weighted by atomic mass is 32.1. The van der Waals surface area contributed by atoms with Crippen LogP contribution in [0.5, 0.6) is 0 Å². The van der Waals surface area contributed by atoms with Gasteiger partial charge in [0.1, 0.15) is 5.00 Å². The number of fused-ring (bicyclic) bond motifs is 1. The topological polar surface area (TPSA) is 62.3 Å². The molecule has 2 aromatic heterocycles. The van der Waals surface area contributed by atoms with Gasteiger partial charge in [0.05, 0.1) is 11.1 Å². The summed E-state index contributed by atoms with van der Waals surface area (Å²) < 4.78 is 0. The summed E-state index contributed by atoms with van der Waals surface area (Å²) >= 11 is 1.58. The molecule has 5 nitrogen and oxygen atoms in total. The van der Waals surface area contributed by atoms with E-state index in [1.54, 1.807) is 35.9 Å². The van der Waals surface area contributed by atoms with Crippen LogP contribution in [0.4, 0.5) is 5.00 Å². The molecule has 2 heterocycles. The first-order chi connectivity index (χ1) is 14.1. The molecule has 1 saturated carbocycles. The summed E-state index contributed by atoms with van der Waals surface area (Å²) in [6, 6.07) is 3.49. The molecule has 2 aromatic rings. The Hall–Kier alpha value is -2.21. The van der Waals surface area contributed by atoms with Gasteiger partial charge in [-0.05, 0) is 62.1 Å². The molecule has 1 N–H and O–H groups in total. The monoisotopic (exact) mass is 411 g/mol. The van der Waals surface area contributed by atoms with Crippen molar-refractivity contribution in [2.45, 2.75) is 57.8 Å². The van der Waals surface area contributed by atoms with E-state index in [1.165, 1.54) is 37.0 Å². The molecule has 0 bridgehead atoms. The number of rotatable bonds is 5. The fourth-order valence-electron chi connectivity index (χ4n) is 4.58. The van der Waals surface area contributed by atoms with Gasteiger partial charge in [-0.15, -0.1) is 11.3 Å². The van der Waals surface area contributed by atoms with E-state index in [4.69, 9.17) is 0 Å². The summed E-state index contributed by atoms with van der Waals surface area (Å²) in [4.78, 5) is 33.3. The van der Waals surface area contributed by atoms with Crippen molar-refractivity contribution in [2.75, 3.05) is 18.9 Å². The maximum Gasteiger partial charge on any atom is 0.257 e. The van der Waals surface area contributed by atoms with Crippen molar-refractivity contribution >= 4 is 28.2 Å². The van der Waals surface area contributed by atoms with Gasteiger partial charge >= 0.3 is 0 Å². The molecule has 0 spiro atoms. The van der Waals surface area contributed by atoms with Crippen LogP contribution in [0.1, 0.15) is 76.1 Å². The van der Waals surface area contributed by atoms with E-state index in [0.29, 0.717) is 16.5 Å². The summed E-state index contributed by atoms with van der Waals surface area (Å²) in [6.45, 7) is 0.805. The van der Waals surface area contributed by atoms with Gasteiger partial charge in [-0.2, -0.15) is 0 Å². The molecular weight excluding hydrogens is 382 g/mol. The molecule has 1 fully saturated rings. The molecule has 154 valence electrons. The number of aryl methyl sites for hydroxylation is 1. The lowest BCUT2D eigenvalue weighted by atomic mass is 9.88. The predicted octanol–water partition coefficient (Wildman–Crippen LogP) is 4.93. The lowest BCUT2D eigenvalue weighted by Gasteiger charge is -2.27. The fraction of sp³-hybridized carbons (Fsp3) is 0.522. The van der Waals surface area contributed by atoms with Crippen molar-refractivity contribution in [3.05, 3.63) is 46.1 Å². The molecule has 6 heteroatoms. The van der Waals surface area contributed by atoms with Crippen molar-refractivity contribution in [1.82, 2.24) is 9.88 Å². The van der Waals surface area contributed by atoms with Crippen molar-refractivity contribution in [1.29, 1.82) is 0 Å². The summed E-state index contributed by atoms with van der Waals surface area (Å²) in [5.74, 6) is 0.442. The molecule has 0 aromatic carbocycles. The number of hydrogen-bond donors (Lipinski definition) is 1. The summed E-state index contributed by atoms with van der Waals surface area (Å²) in [5.41, 5.74) is 2.39. The Balaban J connectivity index is 1.58. The maximum absolute atomic E-state index is 13.5. The molecule has 0 unspecified atom stereocenters. The first-order valence-corrected chi connectivity index (χ1v) is 11.6. The van der Waals surface area contributed by atoms with Crippen LogP contribution in [0.25, 0.3) is 0 Å². The minimum absolute atomic E-state index is 0.0523. The normalized spacial score (nSPS) is 16.9. The van der Waals surface area contributed by atoms with Gasteiger partial charge in [0.25, 0.3) is 11.8 Å². The number of nitrogens with zero attached hydrogens (tertiary/aromatic N) is 2. The number of hydrogen-bond acceptors (Lipinski definition) is 4. The Morgan fingerprint density at radius 2 is 1.97 bits per heavy atom. The van der Waals surface area contributed by atoms with Gasteiger partial charge in [-0.25, -0.2) is 0 Å². The van der Waals surface area contributed by atoms with Gasteiger partial charge < -0.3 is 10.2 Å². The zero-order valence-electron chi connectivity index (χ0n) is 17.1. The van der Waals surface area contributed by atoms with E-state index in [-0.39, 0.29) is 11.8 Å². The van der Waals surface area contributed by atoms with Crippen molar-refractivity contribution < 1.29 is 9.59 Å². The number of thiophene rings is 1. The first-order valence-electron chi connectivity index (χ1n) is 10.7. The second kappa shape index (κ2) is 9.08. The summed E-state index contributed by atoms with van der Waals surface area (Å²) in [7, 11) is 1.91. The molecule has 0 aliphatic heterocycles. The van der Waals surface area contributed by atoms with Crippen LogP contribution in [-0.4, -0.2) is 35.3 Å². The van der Waals surface area contributed by atoms with E-state index >= 15 is 0 Å². The second-order valence-electron chi connectivity index (χ2n) is 8.30. The zero-order chi connectivity index (χ0) is 20.2. The Morgan fingerprint density at radius 3 is 2.72 bits per heavy atom. The van der Waals surface area contributed by atoms with E-state index in [1.807, 2.05) is 11.9 Å². The van der Waals surface area contributed by atoms with Gasteiger partial charge in [-0.1, -0.05) is 19.3 Å². The SMILES string of the molecule is CN(CC1CCCCC1)C(=O)c1c(NC(=O)c2cccnc2)sc2c1CCCC2. The molecule has 4 rings (SSSR count). The van der Waals surface area contributed by atoms with Gasteiger partial charge in [0.15, 0.2) is 0 Å². The first kappa shape index (κ1) is 20.1. The highest BCUT2D eigenvalue weighted by Crippen LogP contribution is 2.39. The number of aromatic nitrogens is 1. The average Bonchev–Trinajstić information content (AvgIpc) is 3.12. The third-order valence-electron chi connectivity index (χ3n) is 6.14. The van der Waals surface area contributed by atoms with Crippen molar-refractivity contribution in [2.24, 2.45) is 5.92 Å². The van der Waals surface area contributed by atoms with Crippen LogP contribution in [0.2, 0.25) is 0 Å². The van der Waals surface area contributed by atoms with Gasteiger partial charge in [0, 0.05) is 30.9 Å². The van der Waals surface area contributed by atoms with Crippen LogP contribution in [-0.2, 0) is 12.8 Å². The van der Waals surface area contributed by atoms with E-state index in [2.05, 4.69) is 10.3 Å². The molecule has 0 saturated heterocycles. The van der Waals surface area contributed by atoms with E-state index < -0.39 is 0 Å². The fourth-order valence-corrected chi connectivity index (χ4v) is 5.86. The average molecular weight is 412 g/mol. The van der Waals surface area contributed by atoms with Gasteiger partial charge in [-0.3, -0.25) is 14.6 Å². The number of pyridine rings is 1. The van der Waals surface area contributed by atoms with Crippen LogP contribution in [0.15, 0.2) is 24.5 Å². The number of amides is 2. The third-order valence-corrected chi connectivity index (χ3v) is 7.35. The maximum atomic E-state index is 13.5. The Bertz CT molecular complexity index is 872. The lowest BCUT2D eigenvalue weighted by Crippen LogP contribution is -2.33. The van der Waals surface area contributed by atoms with Crippen molar-refractivity contribution in [3.63, 3.8) is 0 Å². The molecular formula is C23H29N3O2S. The highest BCUT2D eigenvalue weighted by molar-refractivity contribution is 7.17. The molecule has 2 aliphatic rings. The smallest absolute Gasteiger partial charge is 0.257 e. The molecule has 29 heavy (non-hydrogen) atoms. The molecule has 2 aliphatic carbocycles. The van der Waals surface area contributed by atoms with Crippen LogP contribution in [0.3, 0.4) is 0 Å². The number of carbonyl (C=O) groups is 2. The Morgan fingerprint density at radius 1 is 1.17 bits per heavy atom. The Labute approximate surface area is 176 Å². The third kappa shape index (κ3) is 4.53. The van der Waals surface area contributed by atoms with Crippen molar-refractivity contribution in [3.8, 4) is 0 Å². The summed E-state index contributed by atoms with van der Waals surface area (Å²) in [6.07, 6.45) is 13.7. The number of anilines is 1. The highest BCUT2D eigenvalue weighted by Gasteiger charge is 2.29. The van der Waals surface area contributed by atoms with E-state index in [9.17, 15) is 9.59 Å². The van der Waals surface area contributed by atoms with Crippen LogP contribution < -0.4 is 5.32 Å². The van der Waals surface area contributed by atoms with Crippen LogP contribution >= 0.6 is 11.3 Å². The second-order valence-corrected chi connectivity index (χ2v) is 9.41. The largest absolute Gasteiger partial charge is 0.341 e. The standard InChI is InChI=1S/C23H29N3O2S/c1-26(15-16-8-3-2-4-9-16)23(28)20-18-11-5-6-12-19(18)29-22(20)25-21(27)17-10-7-13-24-14-17/h7,10,13-14,16H,2-6,8-9,11-12,15H2,1H3,(H,25,27). The quantitative estimate of drug-likeness (QED) is 0.759. The van der Waals surface area contributed by atoms with Crippen LogP contribution in [0, 0.1) is 5.92 Å². The van der Waals surface area contributed by atoms with E-state index in [0.717, 1.165) is 43.4 Å².